The molecule has 0 spiro atoms. The van der Waals surface area contributed by atoms with Gasteiger partial charge < -0.3 is 10.6 Å². The molecule has 0 saturated carbocycles. The van der Waals surface area contributed by atoms with Crippen molar-refractivity contribution in [1.29, 1.82) is 0 Å². The molecule has 2 rings (SSSR count). The third-order valence-electron chi connectivity index (χ3n) is 3.42. The molecule has 2 N–H and O–H groups in total. The van der Waals surface area contributed by atoms with Gasteiger partial charge in [-0.3, -0.25) is 9.59 Å². The van der Waals surface area contributed by atoms with Gasteiger partial charge in [0.25, 0.3) is 0 Å². The van der Waals surface area contributed by atoms with E-state index >= 15 is 0 Å². The van der Waals surface area contributed by atoms with Crippen LogP contribution in [0.3, 0.4) is 0 Å². The second-order valence-corrected chi connectivity index (χ2v) is 7.48. The molecule has 0 aromatic heterocycles. The third-order valence-corrected chi connectivity index (χ3v) is 6.38. The summed E-state index contributed by atoms with van der Waals surface area (Å²) in [5.74, 6) is -0.162. The first-order valence-corrected chi connectivity index (χ1v) is 9.80. The Morgan fingerprint density at radius 3 is 1.33 bits per heavy atom. The zero-order valence-electron chi connectivity index (χ0n) is 13.6. The van der Waals surface area contributed by atoms with Gasteiger partial charge in [-0.05, 0) is 11.1 Å². The first-order valence-electron chi connectivity index (χ1n) is 7.52. The Hall–Kier alpha value is -1.92. The van der Waals surface area contributed by atoms with Crippen LogP contribution in [0.2, 0.25) is 0 Å². The van der Waals surface area contributed by atoms with E-state index in [4.69, 9.17) is 0 Å². The maximum atomic E-state index is 12.3. The van der Waals surface area contributed by atoms with Crippen molar-refractivity contribution in [2.75, 3.05) is 14.1 Å². The van der Waals surface area contributed by atoms with Crippen LogP contribution in [0.1, 0.15) is 21.6 Å². The molecular formula is C18H20N2O2S2. The van der Waals surface area contributed by atoms with Crippen LogP contribution in [0.5, 0.6) is 0 Å². The molecule has 0 bridgehead atoms. The second kappa shape index (κ2) is 9.39. The fraction of sp³-hybridized carbons (Fsp3) is 0.222. The van der Waals surface area contributed by atoms with Crippen molar-refractivity contribution in [3.05, 3.63) is 71.8 Å². The van der Waals surface area contributed by atoms with E-state index in [-0.39, 0.29) is 22.3 Å². The van der Waals surface area contributed by atoms with Crippen LogP contribution < -0.4 is 10.6 Å². The molecule has 0 aliphatic carbocycles. The lowest BCUT2D eigenvalue weighted by molar-refractivity contribution is -0.121. The SMILES string of the molecule is CNC(=O)C(SSC(C(=O)NC)c1ccccc1)c1ccccc1. The first kappa shape index (κ1) is 18.4. The van der Waals surface area contributed by atoms with Crippen molar-refractivity contribution < 1.29 is 9.59 Å². The fourth-order valence-electron chi connectivity index (χ4n) is 2.13. The van der Waals surface area contributed by atoms with E-state index in [1.807, 2.05) is 60.7 Å². The van der Waals surface area contributed by atoms with Crippen LogP contribution in [0.25, 0.3) is 0 Å². The highest BCUT2D eigenvalue weighted by atomic mass is 33.1. The van der Waals surface area contributed by atoms with Gasteiger partial charge in [-0.15, -0.1) is 0 Å². The lowest BCUT2D eigenvalue weighted by atomic mass is 10.1. The monoisotopic (exact) mass is 360 g/mol. The molecule has 4 nitrogen and oxygen atoms in total. The summed E-state index contributed by atoms with van der Waals surface area (Å²) < 4.78 is 0. The zero-order valence-corrected chi connectivity index (χ0v) is 15.2. The molecule has 0 aliphatic heterocycles. The van der Waals surface area contributed by atoms with Crippen molar-refractivity contribution in [3.63, 3.8) is 0 Å². The third kappa shape index (κ3) is 4.79. The maximum Gasteiger partial charge on any atom is 0.238 e. The van der Waals surface area contributed by atoms with Gasteiger partial charge >= 0.3 is 0 Å². The summed E-state index contributed by atoms with van der Waals surface area (Å²) in [6, 6.07) is 19.1. The lowest BCUT2D eigenvalue weighted by Crippen LogP contribution is -2.25. The molecular weight excluding hydrogens is 340 g/mol. The van der Waals surface area contributed by atoms with Gasteiger partial charge in [0.1, 0.15) is 10.5 Å². The molecule has 0 saturated heterocycles. The van der Waals surface area contributed by atoms with E-state index in [9.17, 15) is 9.59 Å². The Bertz CT molecular complexity index is 606. The first-order chi connectivity index (χ1) is 11.7. The van der Waals surface area contributed by atoms with E-state index in [2.05, 4.69) is 10.6 Å². The molecule has 0 heterocycles. The average Bonchev–Trinajstić information content (AvgIpc) is 2.65. The summed E-state index contributed by atoms with van der Waals surface area (Å²) in [4.78, 5) is 24.5. The van der Waals surface area contributed by atoms with Gasteiger partial charge in [0, 0.05) is 14.1 Å². The lowest BCUT2D eigenvalue weighted by Gasteiger charge is -2.19. The summed E-state index contributed by atoms with van der Waals surface area (Å²) in [6.45, 7) is 0. The molecule has 2 aromatic carbocycles. The number of amides is 2. The number of benzene rings is 2. The highest BCUT2D eigenvalue weighted by Crippen LogP contribution is 2.46. The van der Waals surface area contributed by atoms with Crippen molar-refractivity contribution >= 4 is 33.4 Å². The van der Waals surface area contributed by atoms with Crippen molar-refractivity contribution in [2.24, 2.45) is 0 Å². The molecule has 2 amide bonds. The topological polar surface area (TPSA) is 58.2 Å². The van der Waals surface area contributed by atoms with Gasteiger partial charge in [0.05, 0.1) is 0 Å². The highest BCUT2D eigenvalue weighted by molar-refractivity contribution is 8.77. The Morgan fingerprint density at radius 2 is 1.04 bits per heavy atom. The van der Waals surface area contributed by atoms with Gasteiger partial charge in [0.2, 0.25) is 11.8 Å². The predicted octanol–water partition coefficient (Wildman–Crippen LogP) is 3.34. The van der Waals surface area contributed by atoms with Gasteiger partial charge in [0.15, 0.2) is 0 Å². The summed E-state index contributed by atoms with van der Waals surface area (Å²) in [6.07, 6.45) is 0. The van der Waals surface area contributed by atoms with Crippen LogP contribution in [-0.4, -0.2) is 25.9 Å². The summed E-state index contributed by atoms with van der Waals surface area (Å²) in [5.41, 5.74) is 1.83. The van der Waals surface area contributed by atoms with Gasteiger partial charge in [-0.1, -0.05) is 82.3 Å². The largest absolute Gasteiger partial charge is 0.358 e. The number of hydrogen-bond donors (Lipinski definition) is 2. The maximum absolute atomic E-state index is 12.3. The minimum atomic E-state index is -0.378. The van der Waals surface area contributed by atoms with Crippen molar-refractivity contribution in [1.82, 2.24) is 10.6 Å². The molecule has 0 radical (unpaired) electrons. The number of carbonyl (C=O) groups is 2. The smallest absolute Gasteiger partial charge is 0.238 e. The Morgan fingerprint density at radius 1 is 0.708 bits per heavy atom. The molecule has 6 heteroatoms. The Balaban J connectivity index is 2.19. The number of nitrogens with one attached hydrogen (secondary N) is 2. The Kier molecular flexibility index (Phi) is 7.21. The van der Waals surface area contributed by atoms with E-state index < -0.39 is 0 Å². The normalized spacial score (nSPS) is 12.9. The van der Waals surface area contributed by atoms with E-state index in [0.29, 0.717) is 0 Å². The van der Waals surface area contributed by atoms with Crippen LogP contribution >= 0.6 is 21.6 Å². The molecule has 24 heavy (non-hydrogen) atoms. The van der Waals surface area contributed by atoms with Gasteiger partial charge in [-0.25, -0.2) is 0 Å². The van der Waals surface area contributed by atoms with Crippen LogP contribution in [-0.2, 0) is 9.59 Å². The molecule has 2 unspecified atom stereocenters. The quantitative estimate of drug-likeness (QED) is 0.744. The standard InChI is InChI=1S/C18H20N2O2S2/c1-19-17(21)15(13-9-5-3-6-10-13)23-24-16(18(22)20-2)14-11-7-4-8-12-14/h3-12,15-16H,1-2H3,(H,19,21)(H,20,22). The van der Waals surface area contributed by atoms with Crippen LogP contribution in [0.15, 0.2) is 60.7 Å². The fourth-order valence-corrected chi connectivity index (χ4v) is 5.16. The Labute approximate surface area is 150 Å². The molecule has 2 atom stereocenters. The van der Waals surface area contributed by atoms with Crippen molar-refractivity contribution in [2.45, 2.75) is 10.5 Å². The van der Waals surface area contributed by atoms with Gasteiger partial charge in [-0.2, -0.15) is 0 Å². The molecule has 126 valence electrons. The summed E-state index contributed by atoms with van der Waals surface area (Å²) in [5, 5.41) is 4.64. The number of hydrogen-bond acceptors (Lipinski definition) is 4. The number of likely N-dealkylation sites (N-methyl/N-ethyl adjacent to an activating group) is 2. The van der Waals surface area contributed by atoms with Crippen LogP contribution in [0.4, 0.5) is 0 Å². The van der Waals surface area contributed by atoms with Crippen LogP contribution in [0, 0.1) is 0 Å². The summed E-state index contributed by atoms with van der Waals surface area (Å²) in [7, 11) is 6.04. The van der Waals surface area contributed by atoms with E-state index in [1.165, 1.54) is 21.6 Å². The minimum Gasteiger partial charge on any atom is -0.358 e. The molecule has 2 aromatic rings. The van der Waals surface area contributed by atoms with E-state index in [0.717, 1.165) is 11.1 Å². The summed E-state index contributed by atoms with van der Waals surface area (Å²) >= 11 is 0. The second-order valence-electron chi connectivity index (χ2n) is 5.00. The number of carbonyl (C=O) groups excluding carboxylic acids is 2. The molecule has 0 aliphatic rings. The minimum absolute atomic E-state index is 0.0811. The van der Waals surface area contributed by atoms with E-state index in [1.54, 1.807) is 14.1 Å². The number of rotatable bonds is 7. The van der Waals surface area contributed by atoms with Crippen molar-refractivity contribution in [3.8, 4) is 0 Å². The predicted molar refractivity (Wildman–Crippen MR) is 102 cm³/mol. The zero-order chi connectivity index (χ0) is 17.4. The molecule has 0 fully saturated rings. The highest BCUT2D eigenvalue weighted by Gasteiger charge is 2.26. The average molecular weight is 361 g/mol.